The Morgan fingerprint density at radius 2 is 2.00 bits per heavy atom. The number of aliphatic carboxylic acids is 1. The van der Waals surface area contributed by atoms with Crippen LogP contribution in [0.3, 0.4) is 0 Å². The highest BCUT2D eigenvalue weighted by atomic mass is 16.7. The number of rotatable bonds is 8. The molecule has 0 aliphatic rings. The maximum absolute atomic E-state index is 10.2. The minimum atomic E-state index is -0.794. The molecule has 0 saturated carbocycles. The Kier molecular flexibility index (Phi) is 7.47. The van der Waals surface area contributed by atoms with E-state index in [1.54, 1.807) is 5.43 Å². The third kappa shape index (κ3) is 10.2. The van der Waals surface area contributed by atoms with E-state index in [9.17, 15) is 14.9 Å². The SMILES string of the molecule is NC(=NCCCCCCC(=O)O)N[N+](=O)[O-]. The molecule has 16 heavy (non-hydrogen) atoms. The molecule has 0 aromatic rings. The average Bonchev–Trinajstić information content (AvgIpc) is 2.14. The summed E-state index contributed by atoms with van der Waals surface area (Å²) in [5.74, 6) is -1.01. The molecular weight excluding hydrogens is 216 g/mol. The summed E-state index contributed by atoms with van der Waals surface area (Å²) in [4.78, 5) is 23.8. The van der Waals surface area contributed by atoms with Gasteiger partial charge in [0.1, 0.15) is 0 Å². The van der Waals surface area contributed by atoms with E-state index in [1.807, 2.05) is 0 Å². The fourth-order valence-corrected chi connectivity index (χ4v) is 1.07. The zero-order valence-electron chi connectivity index (χ0n) is 8.89. The van der Waals surface area contributed by atoms with Gasteiger partial charge in [0.15, 0.2) is 5.03 Å². The minimum absolute atomic E-state index is 0.175. The number of nitrogens with one attached hydrogen (secondary N) is 1. The van der Waals surface area contributed by atoms with Crippen LogP contribution in [-0.2, 0) is 4.79 Å². The molecule has 0 unspecified atom stereocenters. The molecule has 0 aromatic heterocycles. The van der Waals surface area contributed by atoms with Crippen molar-refractivity contribution in [3.05, 3.63) is 10.1 Å². The van der Waals surface area contributed by atoms with E-state index in [-0.39, 0.29) is 12.4 Å². The van der Waals surface area contributed by atoms with Crippen LogP contribution in [0.1, 0.15) is 32.1 Å². The van der Waals surface area contributed by atoms with Gasteiger partial charge in [-0.05, 0) is 12.8 Å². The van der Waals surface area contributed by atoms with Gasteiger partial charge in [0, 0.05) is 13.0 Å². The lowest BCUT2D eigenvalue weighted by molar-refractivity contribution is -0.525. The quantitative estimate of drug-likeness (QED) is 0.179. The first kappa shape index (κ1) is 14.1. The first-order valence-corrected chi connectivity index (χ1v) is 4.95. The van der Waals surface area contributed by atoms with Gasteiger partial charge >= 0.3 is 5.97 Å². The predicted molar refractivity (Wildman–Crippen MR) is 57.3 cm³/mol. The number of guanidine groups is 1. The fourth-order valence-electron chi connectivity index (χ4n) is 1.07. The number of nitrogens with zero attached hydrogens (tertiary/aromatic N) is 2. The Morgan fingerprint density at radius 3 is 2.56 bits per heavy atom. The number of nitro groups is 1. The molecule has 0 aliphatic carbocycles. The Morgan fingerprint density at radius 1 is 1.38 bits per heavy atom. The summed E-state index contributed by atoms with van der Waals surface area (Å²) in [5.41, 5.74) is 6.91. The van der Waals surface area contributed by atoms with Crippen LogP contribution in [-0.4, -0.2) is 28.6 Å². The Balaban J connectivity index is 3.38. The molecule has 0 rings (SSSR count). The molecule has 0 amide bonds. The number of nitrogens with two attached hydrogens (primary N) is 1. The summed E-state index contributed by atoms with van der Waals surface area (Å²) >= 11 is 0. The molecule has 0 spiro atoms. The molecule has 0 fully saturated rings. The minimum Gasteiger partial charge on any atom is -0.481 e. The van der Waals surface area contributed by atoms with Gasteiger partial charge in [-0.15, -0.1) is 0 Å². The van der Waals surface area contributed by atoms with Crippen LogP contribution in [0, 0.1) is 10.1 Å². The normalized spacial score (nSPS) is 11.1. The second-order valence-corrected chi connectivity index (χ2v) is 3.19. The molecule has 0 heterocycles. The second kappa shape index (κ2) is 8.45. The largest absolute Gasteiger partial charge is 0.481 e. The number of carboxylic acids is 1. The lowest BCUT2D eigenvalue weighted by Crippen LogP contribution is -2.36. The number of carboxylic acid groups (broad SMARTS) is 1. The van der Waals surface area contributed by atoms with Crippen molar-refractivity contribution < 1.29 is 14.9 Å². The van der Waals surface area contributed by atoms with Crippen LogP contribution in [0.25, 0.3) is 0 Å². The zero-order chi connectivity index (χ0) is 12.4. The summed E-state index contributed by atoms with van der Waals surface area (Å²) < 4.78 is 0. The van der Waals surface area contributed by atoms with Crippen molar-refractivity contribution in [2.75, 3.05) is 6.54 Å². The van der Waals surface area contributed by atoms with Gasteiger partial charge < -0.3 is 10.8 Å². The van der Waals surface area contributed by atoms with Crippen molar-refractivity contribution in [3.63, 3.8) is 0 Å². The number of hydrogen-bond donors (Lipinski definition) is 3. The van der Waals surface area contributed by atoms with Gasteiger partial charge in [-0.3, -0.25) is 4.79 Å². The van der Waals surface area contributed by atoms with Crippen molar-refractivity contribution >= 4 is 11.9 Å². The van der Waals surface area contributed by atoms with Gasteiger partial charge in [-0.2, -0.15) is 0 Å². The van der Waals surface area contributed by atoms with Gasteiger partial charge in [0.25, 0.3) is 5.96 Å². The topological polar surface area (TPSA) is 131 Å². The highest BCUT2D eigenvalue weighted by Crippen LogP contribution is 2.02. The highest BCUT2D eigenvalue weighted by molar-refractivity contribution is 5.76. The van der Waals surface area contributed by atoms with E-state index >= 15 is 0 Å². The van der Waals surface area contributed by atoms with Crippen LogP contribution in [0.2, 0.25) is 0 Å². The second-order valence-electron chi connectivity index (χ2n) is 3.19. The van der Waals surface area contributed by atoms with Gasteiger partial charge in [-0.25, -0.2) is 15.1 Å². The van der Waals surface area contributed by atoms with E-state index < -0.39 is 11.0 Å². The van der Waals surface area contributed by atoms with Gasteiger partial charge in [-0.1, -0.05) is 18.3 Å². The van der Waals surface area contributed by atoms with E-state index in [0.29, 0.717) is 13.0 Å². The fraction of sp³-hybridized carbons (Fsp3) is 0.750. The predicted octanol–water partition coefficient (Wildman–Crippen LogP) is 0.118. The van der Waals surface area contributed by atoms with E-state index in [0.717, 1.165) is 19.3 Å². The summed E-state index contributed by atoms with van der Waals surface area (Å²) in [6, 6.07) is 0. The molecule has 92 valence electrons. The summed E-state index contributed by atoms with van der Waals surface area (Å²) in [6.45, 7) is 0.403. The van der Waals surface area contributed by atoms with Crippen LogP contribution < -0.4 is 11.2 Å². The first-order valence-electron chi connectivity index (χ1n) is 4.95. The zero-order valence-corrected chi connectivity index (χ0v) is 8.89. The molecule has 0 saturated heterocycles. The van der Waals surface area contributed by atoms with E-state index in [4.69, 9.17) is 10.8 Å². The van der Waals surface area contributed by atoms with Gasteiger partial charge in [0.2, 0.25) is 0 Å². The van der Waals surface area contributed by atoms with Crippen molar-refractivity contribution in [1.82, 2.24) is 5.43 Å². The van der Waals surface area contributed by atoms with Crippen molar-refractivity contribution in [2.45, 2.75) is 32.1 Å². The molecule has 0 aliphatic heterocycles. The molecular formula is C8H16N4O4. The van der Waals surface area contributed by atoms with Crippen molar-refractivity contribution in [1.29, 1.82) is 0 Å². The molecule has 8 nitrogen and oxygen atoms in total. The lowest BCUT2D eigenvalue weighted by atomic mass is 10.1. The van der Waals surface area contributed by atoms with Crippen LogP contribution in [0.15, 0.2) is 4.99 Å². The van der Waals surface area contributed by atoms with Crippen LogP contribution in [0.4, 0.5) is 0 Å². The van der Waals surface area contributed by atoms with Crippen molar-refractivity contribution in [2.24, 2.45) is 10.7 Å². The molecule has 4 N–H and O–H groups in total. The summed E-state index contributed by atoms with van der Waals surface area (Å²) in [7, 11) is 0. The van der Waals surface area contributed by atoms with E-state index in [1.165, 1.54) is 0 Å². The monoisotopic (exact) mass is 232 g/mol. The van der Waals surface area contributed by atoms with Gasteiger partial charge in [0.05, 0.1) is 0 Å². The molecule has 8 heteroatoms. The molecule has 0 atom stereocenters. The van der Waals surface area contributed by atoms with Crippen LogP contribution >= 0.6 is 0 Å². The lowest BCUT2D eigenvalue weighted by Gasteiger charge is -1.98. The number of unbranched alkanes of at least 4 members (excludes halogenated alkanes) is 3. The number of hydrogen-bond acceptors (Lipinski definition) is 4. The van der Waals surface area contributed by atoms with Crippen LogP contribution in [0.5, 0.6) is 0 Å². The number of aliphatic imine (C=N–C) groups is 1. The number of hydrazine groups is 1. The Labute approximate surface area is 92.7 Å². The Hall–Kier alpha value is -1.86. The molecule has 0 radical (unpaired) electrons. The number of carbonyl (C=O) groups is 1. The molecule has 0 aromatic carbocycles. The smallest absolute Gasteiger partial charge is 0.303 e. The first-order chi connectivity index (χ1) is 7.52. The maximum Gasteiger partial charge on any atom is 0.303 e. The van der Waals surface area contributed by atoms with E-state index in [2.05, 4.69) is 4.99 Å². The van der Waals surface area contributed by atoms with Crippen molar-refractivity contribution in [3.8, 4) is 0 Å². The summed E-state index contributed by atoms with van der Waals surface area (Å²) in [6.07, 6.45) is 3.20. The Bertz CT molecular complexity index is 267. The maximum atomic E-state index is 10.2. The highest BCUT2D eigenvalue weighted by Gasteiger charge is 1.98. The third-order valence-corrected chi connectivity index (χ3v) is 1.79. The summed E-state index contributed by atoms with van der Waals surface area (Å²) in [5, 5.41) is 17.5. The standard InChI is InChI=1S/C8H16N4O4/c9-8(11-12(15)16)10-6-4-2-1-3-5-7(13)14/h1-6H2,(H,13,14)(H3,9,10,11). The average molecular weight is 232 g/mol. The molecule has 0 bridgehead atoms. The third-order valence-electron chi connectivity index (χ3n) is 1.79.